The molecular weight excluding hydrogens is 197 g/mol. The van der Waals surface area contributed by atoms with E-state index in [0.29, 0.717) is 18.4 Å². The average Bonchev–Trinajstić information content (AvgIpc) is 2.48. The highest BCUT2D eigenvalue weighted by Crippen LogP contribution is 2.34. The number of Topliss-reactive ketones (excluding diaryl/α,β-unsaturated/α-hetero) is 1. The second kappa shape index (κ2) is 2.87. The van der Waals surface area contributed by atoms with Gasteiger partial charge in [-0.15, -0.1) is 0 Å². The number of carbonyl (C=O) groups excluding carboxylic acids is 1. The van der Waals surface area contributed by atoms with E-state index in [9.17, 15) is 18.0 Å². The molecule has 0 atom stereocenters. The van der Waals surface area contributed by atoms with Crippen LogP contribution in [0.5, 0.6) is 0 Å². The van der Waals surface area contributed by atoms with E-state index in [1.807, 2.05) is 0 Å². The Morgan fingerprint density at radius 1 is 1.29 bits per heavy atom. The number of hydrogen-bond acceptors (Lipinski definition) is 2. The van der Waals surface area contributed by atoms with E-state index in [0.717, 1.165) is 6.07 Å². The molecule has 1 aromatic heterocycles. The van der Waals surface area contributed by atoms with Gasteiger partial charge in [0, 0.05) is 12.0 Å². The largest absolute Gasteiger partial charge is 0.449 e. The second-order valence-electron chi connectivity index (χ2n) is 3.24. The Morgan fingerprint density at radius 3 is 2.57 bits per heavy atom. The molecule has 0 bridgehead atoms. The summed E-state index contributed by atoms with van der Waals surface area (Å²) in [6, 6.07) is 0.923. The van der Waals surface area contributed by atoms with Crippen LogP contribution in [0.3, 0.4) is 0 Å². The minimum absolute atomic E-state index is 0.108. The van der Waals surface area contributed by atoms with Gasteiger partial charge in [0.1, 0.15) is 0 Å². The summed E-state index contributed by atoms with van der Waals surface area (Å²) in [5, 5.41) is 0. The second-order valence-corrected chi connectivity index (χ2v) is 3.24. The van der Waals surface area contributed by atoms with Gasteiger partial charge in [-0.05, 0) is 18.9 Å². The molecule has 76 valence electrons. The van der Waals surface area contributed by atoms with Crippen molar-refractivity contribution in [2.24, 2.45) is 0 Å². The van der Waals surface area contributed by atoms with Gasteiger partial charge in [0.2, 0.25) is 5.76 Å². The summed E-state index contributed by atoms with van der Waals surface area (Å²) in [5.74, 6) is -1.51. The van der Waals surface area contributed by atoms with Gasteiger partial charge in [-0.2, -0.15) is 13.2 Å². The van der Waals surface area contributed by atoms with Crippen LogP contribution in [0.15, 0.2) is 10.5 Å². The zero-order chi connectivity index (χ0) is 10.3. The predicted molar refractivity (Wildman–Crippen MR) is 41.0 cm³/mol. The fourth-order valence-electron chi connectivity index (χ4n) is 1.54. The van der Waals surface area contributed by atoms with Crippen molar-refractivity contribution in [2.75, 3.05) is 0 Å². The van der Waals surface area contributed by atoms with E-state index in [4.69, 9.17) is 0 Å². The molecule has 0 unspecified atom stereocenters. The number of halogens is 3. The third kappa shape index (κ3) is 1.42. The summed E-state index contributed by atoms with van der Waals surface area (Å²) in [7, 11) is 0. The van der Waals surface area contributed by atoms with E-state index >= 15 is 0 Å². The summed E-state index contributed by atoms with van der Waals surface area (Å²) in [4.78, 5) is 11.2. The maximum absolute atomic E-state index is 12.2. The molecule has 0 radical (unpaired) electrons. The monoisotopic (exact) mass is 204 g/mol. The van der Waals surface area contributed by atoms with Crippen molar-refractivity contribution in [1.82, 2.24) is 0 Å². The highest BCUT2D eigenvalue weighted by Gasteiger charge is 2.37. The Bertz CT molecular complexity index is 376. The maximum Gasteiger partial charge on any atom is 0.449 e. The summed E-state index contributed by atoms with van der Waals surface area (Å²) in [6.07, 6.45) is -3.14. The lowest BCUT2D eigenvalue weighted by atomic mass is 9.97. The van der Waals surface area contributed by atoms with Crippen molar-refractivity contribution in [2.45, 2.75) is 25.4 Å². The van der Waals surface area contributed by atoms with Crippen LogP contribution in [0.4, 0.5) is 13.2 Å². The van der Waals surface area contributed by atoms with E-state index in [-0.39, 0.29) is 18.0 Å². The minimum Gasteiger partial charge on any atom is -0.448 e. The SMILES string of the molecule is O=C1CCCc2cc(C(F)(F)F)oc21. The Balaban J connectivity index is 2.45. The van der Waals surface area contributed by atoms with Crippen molar-refractivity contribution in [3.63, 3.8) is 0 Å². The number of furan rings is 1. The number of ketones is 1. The van der Waals surface area contributed by atoms with Gasteiger partial charge in [0.25, 0.3) is 0 Å². The van der Waals surface area contributed by atoms with Crippen LogP contribution in [-0.4, -0.2) is 5.78 Å². The molecule has 2 rings (SSSR count). The highest BCUT2D eigenvalue weighted by molar-refractivity contribution is 5.95. The molecule has 5 heteroatoms. The molecule has 1 aliphatic carbocycles. The summed E-state index contributed by atoms with van der Waals surface area (Å²) >= 11 is 0. The fourth-order valence-corrected chi connectivity index (χ4v) is 1.54. The summed E-state index contributed by atoms with van der Waals surface area (Å²) < 4.78 is 41.1. The van der Waals surface area contributed by atoms with Gasteiger partial charge < -0.3 is 4.42 Å². The van der Waals surface area contributed by atoms with Gasteiger partial charge in [0.15, 0.2) is 11.5 Å². The Kier molecular flexibility index (Phi) is 1.90. The number of aryl methyl sites for hydroxylation is 1. The standard InChI is InChI=1S/C9H7F3O2/c10-9(11,12)7-4-5-2-1-3-6(13)8(5)14-7/h4H,1-3H2. The van der Waals surface area contributed by atoms with Gasteiger partial charge in [-0.25, -0.2) is 0 Å². The van der Waals surface area contributed by atoms with Crippen LogP contribution in [0, 0.1) is 0 Å². The normalized spacial score (nSPS) is 16.9. The number of carbonyl (C=O) groups is 1. The van der Waals surface area contributed by atoms with Crippen molar-refractivity contribution in [3.8, 4) is 0 Å². The number of alkyl halides is 3. The lowest BCUT2D eigenvalue weighted by Crippen LogP contribution is -2.07. The number of hydrogen-bond donors (Lipinski definition) is 0. The Morgan fingerprint density at radius 2 is 2.00 bits per heavy atom. The predicted octanol–water partition coefficient (Wildman–Crippen LogP) is 2.82. The van der Waals surface area contributed by atoms with Crippen LogP contribution in [0.2, 0.25) is 0 Å². The molecule has 1 aromatic rings. The molecule has 0 fully saturated rings. The molecule has 1 heterocycles. The van der Waals surface area contributed by atoms with Crippen molar-refractivity contribution < 1.29 is 22.4 Å². The summed E-state index contributed by atoms with van der Waals surface area (Å²) in [6.45, 7) is 0. The molecule has 0 N–H and O–H groups in total. The van der Waals surface area contributed by atoms with E-state index in [1.165, 1.54) is 0 Å². The van der Waals surface area contributed by atoms with Gasteiger partial charge in [-0.3, -0.25) is 4.79 Å². The van der Waals surface area contributed by atoms with Gasteiger partial charge in [0.05, 0.1) is 0 Å². The topological polar surface area (TPSA) is 30.2 Å². The first-order valence-electron chi connectivity index (χ1n) is 4.21. The first-order chi connectivity index (χ1) is 6.48. The van der Waals surface area contributed by atoms with E-state index in [1.54, 1.807) is 0 Å². The molecule has 0 aliphatic heterocycles. The van der Waals surface area contributed by atoms with Crippen molar-refractivity contribution in [1.29, 1.82) is 0 Å². The minimum atomic E-state index is -4.50. The fraction of sp³-hybridized carbons (Fsp3) is 0.444. The molecule has 0 amide bonds. The quantitative estimate of drug-likeness (QED) is 0.650. The first kappa shape index (κ1) is 9.30. The van der Waals surface area contributed by atoms with Crippen LogP contribution < -0.4 is 0 Å². The van der Waals surface area contributed by atoms with E-state index < -0.39 is 11.9 Å². The van der Waals surface area contributed by atoms with Crippen molar-refractivity contribution in [3.05, 3.63) is 23.2 Å². The molecular formula is C9H7F3O2. The van der Waals surface area contributed by atoms with Crippen molar-refractivity contribution >= 4 is 5.78 Å². The van der Waals surface area contributed by atoms with Crippen LogP contribution >= 0.6 is 0 Å². The molecule has 14 heavy (non-hydrogen) atoms. The Labute approximate surface area is 77.7 Å². The van der Waals surface area contributed by atoms with Crippen LogP contribution in [0.25, 0.3) is 0 Å². The Hall–Kier alpha value is -1.26. The van der Waals surface area contributed by atoms with Gasteiger partial charge >= 0.3 is 6.18 Å². The zero-order valence-electron chi connectivity index (χ0n) is 7.15. The maximum atomic E-state index is 12.2. The molecule has 0 saturated heterocycles. The highest BCUT2D eigenvalue weighted by atomic mass is 19.4. The molecule has 0 spiro atoms. The third-order valence-electron chi connectivity index (χ3n) is 2.19. The number of fused-ring (bicyclic) bond motifs is 1. The lowest BCUT2D eigenvalue weighted by molar-refractivity contribution is -0.153. The summed E-state index contributed by atoms with van der Waals surface area (Å²) in [5.41, 5.74) is 0.383. The molecule has 0 saturated carbocycles. The average molecular weight is 204 g/mol. The molecule has 0 aromatic carbocycles. The lowest BCUT2D eigenvalue weighted by Gasteiger charge is -2.06. The van der Waals surface area contributed by atoms with Crippen LogP contribution in [0.1, 0.15) is 34.7 Å². The van der Waals surface area contributed by atoms with E-state index in [2.05, 4.69) is 4.42 Å². The number of rotatable bonds is 0. The molecule has 2 nitrogen and oxygen atoms in total. The zero-order valence-corrected chi connectivity index (χ0v) is 7.15. The molecule has 1 aliphatic rings. The first-order valence-corrected chi connectivity index (χ1v) is 4.21. The van der Waals surface area contributed by atoms with Crippen LogP contribution in [-0.2, 0) is 12.6 Å². The van der Waals surface area contributed by atoms with Gasteiger partial charge in [-0.1, -0.05) is 0 Å². The smallest absolute Gasteiger partial charge is 0.448 e. The third-order valence-corrected chi connectivity index (χ3v) is 2.19.